The lowest BCUT2D eigenvalue weighted by Crippen LogP contribution is -2.30. The third-order valence-electron chi connectivity index (χ3n) is 3.53. The van der Waals surface area contributed by atoms with Crippen LogP contribution >= 0.6 is 12.4 Å². The summed E-state index contributed by atoms with van der Waals surface area (Å²) in [6.45, 7) is 3.01. The van der Waals surface area contributed by atoms with Crippen molar-refractivity contribution in [3.63, 3.8) is 0 Å². The highest BCUT2D eigenvalue weighted by atomic mass is 35.5. The van der Waals surface area contributed by atoms with Gasteiger partial charge in [0.1, 0.15) is 0 Å². The molecule has 1 aromatic carbocycles. The van der Waals surface area contributed by atoms with Crippen molar-refractivity contribution in [2.75, 3.05) is 12.3 Å². The number of benzene rings is 1. The van der Waals surface area contributed by atoms with Crippen molar-refractivity contribution in [2.45, 2.75) is 32.6 Å². The number of nitrogen functional groups attached to an aromatic ring is 1. The van der Waals surface area contributed by atoms with Crippen molar-refractivity contribution >= 4 is 24.0 Å². The van der Waals surface area contributed by atoms with Gasteiger partial charge in [0, 0.05) is 17.8 Å². The van der Waals surface area contributed by atoms with Crippen LogP contribution < -0.4 is 11.1 Å². The normalized spacial score (nSPS) is 15.6. The van der Waals surface area contributed by atoms with Gasteiger partial charge in [-0.15, -0.1) is 12.4 Å². The predicted octanol–water partition coefficient (Wildman–Crippen LogP) is 3.00. The standard InChI is InChI=1S/C14H20N2O.ClH/c1-2-7-14(8-9-14)10-16-13(17)11-3-5-12(15)6-4-11;/h3-6H,2,7-10,15H2,1H3,(H,16,17);1H. The molecule has 1 aliphatic carbocycles. The van der Waals surface area contributed by atoms with E-state index in [0.717, 1.165) is 6.54 Å². The van der Waals surface area contributed by atoms with Crippen molar-refractivity contribution in [3.8, 4) is 0 Å². The van der Waals surface area contributed by atoms with Gasteiger partial charge in [0.2, 0.25) is 0 Å². The molecule has 0 aliphatic heterocycles. The largest absolute Gasteiger partial charge is 0.399 e. The van der Waals surface area contributed by atoms with E-state index in [2.05, 4.69) is 12.2 Å². The maximum atomic E-state index is 11.9. The summed E-state index contributed by atoms with van der Waals surface area (Å²) in [6, 6.07) is 7.05. The SMILES string of the molecule is CCCC1(CNC(=O)c2ccc(N)cc2)CC1.Cl. The molecule has 1 saturated carbocycles. The molecule has 18 heavy (non-hydrogen) atoms. The highest BCUT2D eigenvalue weighted by molar-refractivity contribution is 5.94. The minimum atomic E-state index is 0. The number of rotatable bonds is 5. The number of nitrogens with two attached hydrogens (primary N) is 1. The zero-order valence-corrected chi connectivity index (χ0v) is 11.6. The Bertz CT molecular complexity index is 399. The molecule has 0 unspecified atom stereocenters. The summed E-state index contributed by atoms with van der Waals surface area (Å²) in [4.78, 5) is 11.9. The molecule has 2 rings (SSSR count). The molecule has 1 aromatic rings. The van der Waals surface area contributed by atoms with E-state index in [9.17, 15) is 4.79 Å². The number of carbonyl (C=O) groups excluding carboxylic acids is 1. The molecule has 0 radical (unpaired) electrons. The first-order chi connectivity index (χ1) is 8.15. The van der Waals surface area contributed by atoms with Crippen molar-refractivity contribution < 1.29 is 4.79 Å². The van der Waals surface area contributed by atoms with Crippen LogP contribution in [0.15, 0.2) is 24.3 Å². The smallest absolute Gasteiger partial charge is 0.251 e. The molecule has 0 bridgehead atoms. The average Bonchev–Trinajstić information content (AvgIpc) is 3.08. The van der Waals surface area contributed by atoms with Gasteiger partial charge in [-0.1, -0.05) is 13.3 Å². The Balaban J connectivity index is 0.00000162. The van der Waals surface area contributed by atoms with E-state index in [0.29, 0.717) is 16.7 Å². The minimum absolute atomic E-state index is 0. The number of amides is 1. The minimum Gasteiger partial charge on any atom is -0.399 e. The second-order valence-corrected chi connectivity index (χ2v) is 5.05. The summed E-state index contributed by atoms with van der Waals surface area (Å²) in [7, 11) is 0. The average molecular weight is 269 g/mol. The van der Waals surface area contributed by atoms with Gasteiger partial charge in [0.05, 0.1) is 0 Å². The van der Waals surface area contributed by atoms with Crippen molar-refractivity contribution in [3.05, 3.63) is 29.8 Å². The molecule has 0 spiro atoms. The molecule has 4 heteroatoms. The fraction of sp³-hybridized carbons (Fsp3) is 0.500. The second kappa shape index (κ2) is 6.10. The number of carbonyl (C=O) groups is 1. The topological polar surface area (TPSA) is 55.1 Å². The first-order valence-corrected chi connectivity index (χ1v) is 6.29. The van der Waals surface area contributed by atoms with Crippen LogP contribution in [0.5, 0.6) is 0 Å². The number of anilines is 1. The van der Waals surface area contributed by atoms with E-state index in [4.69, 9.17) is 5.73 Å². The summed E-state index contributed by atoms with van der Waals surface area (Å²) in [5.74, 6) is 0.00683. The van der Waals surface area contributed by atoms with E-state index in [1.807, 2.05) is 0 Å². The van der Waals surface area contributed by atoms with Crippen molar-refractivity contribution in [1.82, 2.24) is 5.32 Å². The molecular formula is C14H21ClN2O. The fourth-order valence-electron chi connectivity index (χ4n) is 2.23. The van der Waals surface area contributed by atoms with Gasteiger partial charge in [-0.2, -0.15) is 0 Å². The van der Waals surface area contributed by atoms with Crippen LogP contribution in [0.2, 0.25) is 0 Å². The predicted molar refractivity (Wildman–Crippen MR) is 77.0 cm³/mol. The van der Waals surface area contributed by atoms with Crippen molar-refractivity contribution in [2.24, 2.45) is 5.41 Å². The van der Waals surface area contributed by atoms with Crippen LogP contribution in [0.4, 0.5) is 5.69 Å². The first kappa shape index (κ1) is 14.8. The molecule has 3 N–H and O–H groups in total. The van der Waals surface area contributed by atoms with E-state index in [1.165, 1.54) is 25.7 Å². The Kier molecular flexibility index (Phi) is 5.03. The Morgan fingerprint density at radius 1 is 1.33 bits per heavy atom. The summed E-state index contributed by atoms with van der Waals surface area (Å²) < 4.78 is 0. The maximum Gasteiger partial charge on any atom is 0.251 e. The molecule has 0 aromatic heterocycles. The Morgan fingerprint density at radius 2 is 1.94 bits per heavy atom. The van der Waals surface area contributed by atoms with E-state index >= 15 is 0 Å². The van der Waals surface area contributed by atoms with Gasteiger partial charge in [-0.25, -0.2) is 0 Å². The Morgan fingerprint density at radius 3 is 2.44 bits per heavy atom. The Hall–Kier alpha value is -1.22. The molecular weight excluding hydrogens is 248 g/mol. The molecule has 0 heterocycles. The van der Waals surface area contributed by atoms with Crippen LogP contribution in [0.25, 0.3) is 0 Å². The summed E-state index contributed by atoms with van der Waals surface area (Å²) in [5, 5.41) is 3.03. The second-order valence-electron chi connectivity index (χ2n) is 5.05. The molecule has 1 aliphatic rings. The van der Waals surface area contributed by atoms with Gasteiger partial charge in [-0.05, 0) is 48.9 Å². The van der Waals surface area contributed by atoms with Crippen LogP contribution in [0.3, 0.4) is 0 Å². The third-order valence-corrected chi connectivity index (χ3v) is 3.53. The van der Waals surface area contributed by atoms with E-state index < -0.39 is 0 Å². The lowest BCUT2D eigenvalue weighted by molar-refractivity contribution is 0.0944. The van der Waals surface area contributed by atoms with Crippen LogP contribution in [0, 0.1) is 5.41 Å². The van der Waals surface area contributed by atoms with E-state index in [-0.39, 0.29) is 18.3 Å². The molecule has 1 amide bonds. The number of hydrogen-bond acceptors (Lipinski definition) is 2. The highest BCUT2D eigenvalue weighted by Gasteiger charge is 2.41. The van der Waals surface area contributed by atoms with Crippen molar-refractivity contribution in [1.29, 1.82) is 0 Å². The molecule has 0 saturated heterocycles. The van der Waals surface area contributed by atoms with E-state index in [1.54, 1.807) is 24.3 Å². The monoisotopic (exact) mass is 268 g/mol. The number of hydrogen-bond donors (Lipinski definition) is 2. The fourth-order valence-corrected chi connectivity index (χ4v) is 2.23. The summed E-state index contributed by atoms with van der Waals surface area (Å²) in [5.41, 5.74) is 7.36. The van der Waals surface area contributed by atoms with Gasteiger partial charge in [0.25, 0.3) is 5.91 Å². The Labute approximate surface area is 115 Å². The highest BCUT2D eigenvalue weighted by Crippen LogP contribution is 2.48. The molecule has 0 atom stereocenters. The molecule has 100 valence electrons. The van der Waals surface area contributed by atoms with Crippen LogP contribution in [-0.4, -0.2) is 12.5 Å². The zero-order chi connectivity index (χ0) is 12.3. The summed E-state index contributed by atoms with van der Waals surface area (Å²) in [6.07, 6.45) is 4.92. The quantitative estimate of drug-likeness (QED) is 0.807. The lowest BCUT2D eigenvalue weighted by atomic mass is 10.0. The molecule has 1 fully saturated rings. The third kappa shape index (κ3) is 3.64. The van der Waals surface area contributed by atoms with Crippen LogP contribution in [0.1, 0.15) is 43.0 Å². The van der Waals surface area contributed by atoms with Gasteiger partial charge in [0.15, 0.2) is 0 Å². The summed E-state index contributed by atoms with van der Waals surface area (Å²) >= 11 is 0. The zero-order valence-electron chi connectivity index (χ0n) is 10.7. The van der Waals surface area contributed by atoms with Gasteiger partial charge < -0.3 is 11.1 Å². The first-order valence-electron chi connectivity index (χ1n) is 6.29. The van der Waals surface area contributed by atoms with Gasteiger partial charge in [-0.3, -0.25) is 4.79 Å². The van der Waals surface area contributed by atoms with Crippen LogP contribution in [-0.2, 0) is 0 Å². The maximum absolute atomic E-state index is 11.9. The molecule has 3 nitrogen and oxygen atoms in total. The van der Waals surface area contributed by atoms with Gasteiger partial charge >= 0.3 is 0 Å². The lowest BCUT2D eigenvalue weighted by Gasteiger charge is -2.14. The number of halogens is 1. The number of nitrogens with one attached hydrogen (secondary N) is 1.